The Morgan fingerprint density at radius 2 is 1.98 bits per heavy atom. The summed E-state index contributed by atoms with van der Waals surface area (Å²) in [5.41, 5.74) is 10.3. The number of nitrogens with two attached hydrogens (primary N) is 2. The molecule has 3 aromatic rings. The number of rotatable bonds is 13. The summed E-state index contributed by atoms with van der Waals surface area (Å²) in [5.74, 6) is 0.308. The van der Waals surface area contributed by atoms with Crippen LogP contribution in [0.3, 0.4) is 0 Å². The van der Waals surface area contributed by atoms with E-state index < -0.39 is 37.1 Å². The number of carbonyl (C=O) groups is 1. The van der Waals surface area contributed by atoms with Crippen molar-refractivity contribution in [1.29, 1.82) is 0 Å². The van der Waals surface area contributed by atoms with Crippen LogP contribution in [-0.2, 0) is 29.7 Å². The van der Waals surface area contributed by atoms with Crippen molar-refractivity contribution in [2.24, 2.45) is 5.41 Å². The minimum absolute atomic E-state index is 0.0416. The van der Waals surface area contributed by atoms with Crippen molar-refractivity contribution in [2.75, 3.05) is 37.0 Å². The van der Waals surface area contributed by atoms with Crippen LogP contribution in [0.15, 0.2) is 35.7 Å². The largest absolute Gasteiger partial charge is 0.405 e. The summed E-state index contributed by atoms with van der Waals surface area (Å²) in [7, 11) is -3.99. The van der Waals surface area contributed by atoms with Crippen molar-refractivity contribution in [3.05, 3.63) is 46.2 Å². The number of benzene rings is 1. The molecule has 4 rings (SSSR count). The fraction of sp³-hybridized carbons (Fsp3) is 0.500. The van der Waals surface area contributed by atoms with E-state index in [-0.39, 0.29) is 49.0 Å². The standard InChI is InChI=1S/C26H36N5O8PS2/c1-25(2,14-32)23(34)41-10-9-37-40(36,29-11-15-7-5-4-6-8-15)38-12-17-20(33)26(3,35)21(39-17)19-18-16(13-42-19)22(27)31-24(28)30-18/h4-8,13,17,20-21,32-33,35H,9-12,14H2,1-3H3,(H,29,36)(H4,27,28,30,31)/t17-,20-,21+,26?,40?/m1/s1. The molecule has 5 atom stereocenters. The quantitative estimate of drug-likeness (QED) is 0.117. The summed E-state index contributed by atoms with van der Waals surface area (Å²) in [6.07, 6.45) is -3.53. The first-order valence-corrected chi connectivity index (χ1v) is 16.5. The fourth-order valence-electron chi connectivity index (χ4n) is 4.18. The zero-order chi connectivity index (χ0) is 30.7. The van der Waals surface area contributed by atoms with E-state index >= 15 is 0 Å². The van der Waals surface area contributed by atoms with Gasteiger partial charge in [-0.3, -0.25) is 13.8 Å². The van der Waals surface area contributed by atoms with E-state index in [1.54, 1.807) is 19.2 Å². The summed E-state index contributed by atoms with van der Waals surface area (Å²) >= 11 is 2.18. The van der Waals surface area contributed by atoms with Crippen LogP contribution in [0.5, 0.6) is 0 Å². The number of aliphatic hydroxyl groups excluding tert-OH is 2. The Kier molecular flexibility index (Phi) is 10.3. The normalized spacial score (nSPS) is 24.2. The number of aliphatic hydroxyl groups is 3. The predicted molar refractivity (Wildman–Crippen MR) is 162 cm³/mol. The number of fused-ring (bicyclic) bond motifs is 1. The molecule has 0 radical (unpaired) electrons. The number of carbonyl (C=O) groups excluding carboxylic acids is 1. The summed E-state index contributed by atoms with van der Waals surface area (Å²) in [5, 5.41) is 36.5. The van der Waals surface area contributed by atoms with Gasteiger partial charge in [-0.15, -0.1) is 11.3 Å². The maximum Gasteiger partial charge on any atom is 0.405 e. The van der Waals surface area contributed by atoms with Gasteiger partial charge in [-0.05, 0) is 26.3 Å². The van der Waals surface area contributed by atoms with Crippen LogP contribution in [0.25, 0.3) is 10.9 Å². The Hall–Kier alpha value is -2.17. The van der Waals surface area contributed by atoms with E-state index in [4.69, 9.17) is 25.3 Å². The van der Waals surface area contributed by atoms with E-state index in [1.165, 1.54) is 18.3 Å². The fourth-order valence-corrected chi connectivity index (χ4v) is 7.59. The third-order valence-electron chi connectivity index (χ3n) is 6.81. The van der Waals surface area contributed by atoms with Gasteiger partial charge in [-0.1, -0.05) is 42.1 Å². The minimum Gasteiger partial charge on any atom is -0.395 e. The van der Waals surface area contributed by atoms with Gasteiger partial charge in [-0.2, -0.15) is 4.98 Å². The maximum atomic E-state index is 13.7. The number of hydrogen-bond donors (Lipinski definition) is 6. The SMILES string of the molecule is CC(C)(CO)C(=O)SCCOP(=O)(NCc1ccccc1)OC[C@H]1O[C@@H](c2scc3c(N)nc(N)nc23)C(C)(O)[C@@H]1O. The molecule has 0 saturated carbocycles. The van der Waals surface area contributed by atoms with Gasteiger partial charge in [0.2, 0.25) is 5.95 Å². The monoisotopic (exact) mass is 641 g/mol. The lowest BCUT2D eigenvalue weighted by atomic mass is 9.92. The molecule has 0 spiro atoms. The smallest absolute Gasteiger partial charge is 0.395 e. The second kappa shape index (κ2) is 13.2. The highest BCUT2D eigenvalue weighted by atomic mass is 32.2. The topological polar surface area (TPSA) is 212 Å². The number of nitrogen functional groups attached to an aromatic ring is 2. The van der Waals surface area contributed by atoms with Gasteiger partial charge < -0.3 is 31.5 Å². The Morgan fingerprint density at radius 3 is 2.67 bits per heavy atom. The average molecular weight is 642 g/mol. The molecule has 0 amide bonds. The number of nitrogens with one attached hydrogen (secondary N) is 1. The molecule has 1 aliphatic heterocycles. The Bertz CT molecular complexity index is 1440. The van der Waals surface area contributed by atoms with Crippen LogP contribution in [-0.4, -0.2) is 73.8 Å². The van der Waals surface area contributed by atoms with Crippen LogP contribution < -0.4 is 16.6 Å². The Morgan fingerprint density at radius 1 is 1.26 bits per heavy atom. The molecule has 13 nitrogen and oxygen atoms in total. The zero-order valence-electron chi connectivity index (χ0n) is 23.4. The second-order valence-corrected chi connectivity index (χ2v) is 14.5. The van der Waals surface area contributed by atoms with E-state index in [0.29, 0.717) is 15.8 Å². The highest BCUT2D eigenvalue weighted by molar-refractivity contribution is 8.13. The average Bonchev–Trinajstić information content (AvgIpc) is 3.47. The van der Waals surface area contributed by atoms with Crippen LogP contribution in [0, 0.1) is 5.41 Å². The third-order valence-corrected chi connectivity index (χ3v) is 10.6. The predicted octanol–water partition coefficient (Wildman–Crippen LogP) is 2.62. The first-order valence-electron chi connectivity index (χ1n) is 13.1. The number of anilines is 2. The molecule has 0 bridgehead atoms. The molecule has 1 saturated heterocycles. The molecule has 230 valence electrons. The molecule has 1 aromatic carbocycles. The molecule has 8 N–H and O–H groups in total. The summed E-state index contributed by atoms with van der Waals surface area (Å²) < 4.78 is 31.1. The third kappa shape index (κ3) is 7.30. The first-order chi connectivity index (χ1) is 19.8. The van der Waals surface area contributed by atoms with E-state index in [0.717, 1.165) is 17.3 Å². The number of ether oxygens (including phenoxy) is 1. The lowest BCUT2D eigenvalue weighted by Crippen LogP contribution is -2.43. The van der Waals surface area contributed by atoms with E-state index in [9.17, 15) is 24.7 Å². The Labute approximate surface area is 251 Å². The summed E-state index contributed by atoms with van der Waals surface area (Å²) in [6.45, 7) is 4.04. The van der Waals surface area contributed by atoms with Crippen molar-refractivity contribution in [2.45, 2.75) is 51.2 Å². The number of hydrogen-bond acceptors (Lipinski definition) is 14. The first kappa shape index (κ1) is 32.7. The van der Waals surface area contributed by atoms with Gasteiger partial charge in [0.05, 0.1) is 41.0 Å². The van der Waals surface area contributed by atoms with Crippen molar-refractivity contribution in [3.8, 4) is 0 Å². The van der Waals surface area contributed by atoms with Crippen LogP contribution in [0.1, 0.15) is 37.3 Å². The summed E-state index contributed by atoms with van der Waals surface area (Å²) in [4.78, 5) is 21.0. The lowest BCUT2D eigenvalue weighted by Gasteiger charge is -2.26. The van der Waals surface area contributed by atoms with Crippen molar-refractivity contribution < 1.29 is 38.5 Å². The molecular formula is C26H36N5O8PS2. The van der Waals surface area contributed by atoms with Crippen LogP contribution in [0.4, 0.5) is 11.8 Å². The number of thioether (sulfide) groups is 1. The molecule has 3 heterocycles. The van der Waals surface area contributed by atoms with Crippen LogP contribution >= 0.6 is 30.8 Å². The molecule has 2 unspecified atom stereocenters. The van der Waals surface area contributed by atoms with Crippen LogP contribution in [0.2, 0.25) is 0 Å². The minimum atomic E-state index is -3.99. The highest BCUT2D eigenvalue weighted by Crippen LogP contribution is 2.49. The van der Waals surface area contributed by atoms with Gasteiger partial charge in [0.1, 0.15) is 29.7 Å². The highest BCUT2D eigenvalue weighted by Gasteiger charge is 2.54. The van der Waals surface area contributed by atoms with Crippen molar-refractivity contribution in [1.82, 2.24) is 15.1 Å². The van der Waals surface area contributed by atoms with Crippen molar-refractivity contribution >= 4 is 58.6 Å². The maximum absolute atomic E-state index is 13.7. The molecule has 2 aromatic heterocycles. The molecule has 1 fully saturated rings. The van der Waals surface area contributed by atoms with Gasteiger partial charge in [0, 0.05) is 17.7 Å². The molecule has 1 aliphatic rings. The molecular weight excluding hydrogens is 605 g/mol. The Balaban J connectivity index is 1.46. The van der Waals surface area contributed by atoms with Gasteiger partial charge in [-0.25, -0.2) is 14.6 Å². The number of aromatic nitrogens is 2. The zero-order valence-corrected chi connectivity index (χ0v) is 26.0. The van der Waals surface area contributed by atoms with Crippen molar-refractivity contribution in [3.63, 3.8) is 0 Å². The van der Waals surface area contributed by atoms with Gasteiger partial charge in [0.25, 0.3) is 0 Å². The van der Waals surface area contributed by atoms with E-state index in [1.807, 2.05) is 30.3 Å². The second-order valence-electron chi connectivity index (χ2n) is 10.7. The summed E-state index contributed by atoms with van der Waals surface area (Å²) in [6, 6.07) is 9.19. The lowest BCUT2D eigenvalue weighted by molar-refractivity contribution is -0.119. The van der Waals surface area contributed by atoms with Gasteiger partial charge in [0.15, 0.2) is 5.12 Å². The molecule has 16 heteroatoms. The van der Waals surface area contributed by atoms with E-state index in [2.05, 4.69) is 15.1 Å². The molecule has 0 aliphatic carbocycles. The molecule has 42 heavy (non-hydrogen) atoms. The number of thiophene rings is 1. The number of nitrogens with zero attached hydrogens (tertiary/aromatic N) is 2. The van der Waals surface area contributed by atoms with Gasteiger partial charge >= 0.3 is 7.75 Å².